The Hall–Kier alpha value is -3.58. The summed E-state index contributed by atoms with van der Waals surface area (Å²) in [5, 5.41) is 5.33. The summed E-state index contributed by atoms with van der Waals surface area (Å²) in [6, 6.07) is 26.6. The molecule has 44 heavy (non-hydrogen) atoms. The number of fused-ring (bicyclic) bond motifs is 4. The quantitative estimate of drug-likeness (QED) is 0.211. The summed E-state index contributed by atoms with van der Waals surface area (Å²) in [4.78, 5) is 2.42. The molecule has 1 heteroatoms. The van der Waals surface area contributed by atoms with Crippen molar-refractivity contribution in [3.63, 3.8) is 0 Å². The van der Waals surface area contributed by atoms with Crippen molar-refractivity contribution < 1.29 is 0 Å². The van der Waals surface area contributed by atoms with Crippen LogP contribution in [0.2, 0.25) is 0 Å². The number of anilines is 1. The van der Waals surface area contributed by atoms with Crippen molar-refractivity contribution in [3.05, 3.63) is 126 Å². The van der Waals surface area contributed by atoms with Gasteiger partial charge < -0.3 is 4.90 Å². The van der Waals surface area contributed by atoms with Crippen molar-refractivity contribution in [2.24, 2.45) is 11.8 Å². The lowest BCUT2D eigenvalue weighted by Crippen LogP contribution is -2.23. The molecule has 2 atom stereocenters. The third-order valence-electron chi connectivity index (χ3n) is 9.27. The molecular weight excluding hydrogens is 530 g/mol. The van der Waals surface area contributed by atoms with Gasteiger partial charge in [0, 0.05) is 29.3 Å². The first kappa shape index (κ1) is 33.3. The number of allylic oxidation sites excluding steroid dienone is 5. The molecule has 232 valence electrons. The van der Waals surface area contributed by atoms with Crippen molar-refractivity contribution in [2.75, 3.05) is 11.9 Å². The van der Waals surface area contributed by atoms with Crippen LogP contribution >= 0.6 is 0 Å². The smallest absolute Gasteiger partial charge is 0.0454 e. The zero-order valence-electron chi connectivity index (χ0n) is 29.1. The van der Waals surface area contributed by atoms with E-state index in [-0.39, 0.29) is 10.8 Å². The van der Waals surface area contributed by atoms with Gasteiger partial charge in [0.15, 0.2) is 0 Å². The summed E-state index contributed by atoms with van der Waals surface area (Å²) in [5.74, 6) is 1.16. The van der Waals surface area contributed by atoms with Gasteiger partial charge in [0.25, 0.3) is 0 Å². The number of rotatable bonds is 5. The van der Waals surface area contributed by atoms with Crippen molar-refractivity contribution in [3.8, 4) is 0 Å². The molecule has 4 aromatic carbocycles. The Morgan fingerprint density at radius 3 is 2.02 bits per heavy atom. The molecule has 0 saturated heterocycles. The second-order valence-corrected chi connectivity index (χ2v) is 13.9. The Balaban J connectivity index is 0.000000683. The maximum absolute atomic E-state index is 4.56. The van der Waals surface area contributed by atoms with Crippen LogP contribution in [-0.2, 0) is 10.8 Å². The molecule has 1 fully saturated rings. The summed E-state index contributed by atoms with van der Waals surface area (Å²) in [6.07, 6.45) is 11.0. The predicted octanol–water partition coefficient (Wildman–Crippen LogP) is 12.5. The number of likely N-dealkylation sites (N-methyl/N-ethyl adjacent to an activating group) is 1. The highest BCUT2D eigenvalue weighted by Gasteiger charge is 2.43. The van der Waals surface area contributed by atoms with Gasteiger partial charge in [-0.15, -0.1) is 0 Å². The van der Waals surface area contributed by atoms with Crippen molar-refractivity contribution >= 4 is 27.2 Å². The second-order valence-electron chi connectivity index (χ2n) is 13.9. The van der Waals surface area contributed by atoms with E-state index in [4.69, 9.17) is 0 Å². The standard InChI is InChI=1S/C37H39N.2C3H8/c1-24-16-18-26-12-8-10-14-30(26)34(24)36(3,4)25(2)17-19-28-22-29(28)23-33-37(5,6)35-31-15-11-9-13-27(31)20-21-32(35)38(33)7;2*1-3-2/h8-21,23,28-29H,2,22H2,1,3-7H3;2*3H2,1-2H3/b19-17+,33-23+;;. The third kappa shape index (κ3) is 6.44. The number of hydrogen-bond donors (Lipinski definition) is 0. The van der Waals surface area contributed by atoms with E-state index in [1.54, 1.807) is 0 Å². The molecule has 0 radical (unpaired) electrons. The largest absolute Gasteiger partial charge is 0.347 e. The van der Waals surface area contributed by atoms with Gasteiger partial charge in [-0.2, -0.15) is 0 Å². The van der Waals surface area contributed by atoms with Crippen LogP contribution in [0.1, 0.15) is 91.3 Å². The summed E-state index contributed by atoms with van der Waals surface area (Å²) in [5.41, 5.74) is 7.96. The van der Waals surface area contributed by atoms with Crippen molar-refractivity contribution in [1.29, 1.82) is 0 Å². The molecule has 6 rings (SSSR count). The Kier molecular flexibility index (Phi) is 10.3. The molecule has 0 amide bonds. The second kappa shape index (κ2) is 13.6. The van der Waals surface area contributed by atoms with E-state index in [1.807, 2.05) is 0 Å². The SMILES string of the molecule is C=C(/C=C/C1CC1/C=C1/N(C)c2ccc3ccccc3c2C1(C)C)C(C)(C)c1c(C)ccc2ccccc12.CCC.CCC. The molecule has 0 bridgehead atoms. The van der Waals surface area contributed by atoms with Crippen LogP contribution in [0, 0.1) is 18.8 Å². The van der Waals surface area contributed by atoms with E-state index in [1.165, 1.54) is 74.5 Å². The summed E-state index contributed by atoms with van der Waals surface area (Å²) < 4.78 is 0. The molecule has 2 unspecified atom stereocenters. The van der Waals surface area contributed by atoms with Crippen molar-refractivity contribution in [1.82, 2.24) is 0 Å². The monoisotopic (exact) mass is 585 g/mol. The zero-order chi connectivity index (χ0) is 32.2. The minimum atomic E-state index is -0.138. The highest BCUT2D eigenvalue weighted by Crippen LogP contribution is 2.52. The van der Waals surface area contributed by atoms with Crippen molar-refractivity contribution in [2.45, 2.75) is 92.4 Å². The molecular formula is C43H55N. The first-order valence-electron chi connectivity index (χ1n) is 16.8. The van der Waals surface area contributed by atoms with Crippen LogP contribution in [0.3, 0.4) is 0 Å². The number of nitrogens with zero attached hydrogens (tertiary/aromatic N) is 1. The highest BCUT2D eigenvalue weighted by atomic mass is 15.2. The Morgan fingerprint density at radius 1 is 0.841 bits per heavy atom. The molecule has 1 nitrogen and oxygen atoms in total. The van der Waals surface area contributed by atoms with E-state index >= 15 is 0 Å². The molecule has 0 aromatic heterocycles. The Bertz CT molecular complexity index is 1680. The fourth-order valence-corrected chi connectivity index (χ4v) is 6.86. The van der Waals surface area contributed by atoms with E-state index in [0.29, 0.717) is 11.8 Å². The van der Waals surface area contributed by atoms with Crippen LogP contribution in [0.15, 0.2) is 109 Å². The highest BCUT2D eigenvalue weighted by molar-refractivity contribution is 5.94. The minimum Gasteiger partial charge on any atom is -0.347 e. The fraction of sp³-hybridized carbons (Fsp3) is 0.395. The van der Waals surface area contributed by atoms with Gasteiger partial charge in [0.05, 0.1) is 0 Å². The van der Waals surface area contributed by atoms with Gasteiger partial charge in [0.1, 0.15) is 0 Å². The lowest BCUT2D eigenvalue weighted by atomic mass is 9.74. The first-order chi connectivity index (χ1) is 20.9. The number of aryl methyl sites for hydroxylation is 1. The maximum atomic E-state index is 4.56. The summed E-state index contributed by atoms with van der Waals surface area (Å²) in [7, 11) is 2.23. The van der Waals surface area contributed by atoms with Crippen LogP contribution in [0.25, 0.3) is 21.5 Å². The van der Waals surface area contributed by atoms with E-state index in [2.05, 4.69) is 172 Å². The van der Waals surface area contributed by atoms with Gasteiger partial charge in [-0.25, -0.2) is 0 Å². The van der Waals surface area contributed by atoms with Crippen LogP contribution in [0.5, 0.6) is 0 Å². The number of benzene rings is 4. The van der Waals surface area contributed by atoms with E-state index in [9.17, 15) is 0 Å². The summed E-state index contributed by atoms with van der Waals surface area (Å²) in [6.45, 7) is 24.7. The van der Waals surface area contributed by atoms with Gasteiger partial charge in [0.2, 0.25) is 0 Å². The lowest BCUT2D eigenvalue weighted by Gasteiger charge is -2.30. The molecule has 1 aliphatic carbocycles. The lowest BCUT2D eigenvalue weighted by molar-refractivity contribution is 0.637. The normalized spacial score (nSPS) is 19.4. The average molecular weight is 586 g/mol. The molecule has 4 aromatic rings. The zero-order valence-corrected chi connectivity index (χ0v) is 29.1. The Labute approximate surface area is 268 Å². The van der Waals surface area contributed by atoms with Gasteiger partial charge in [-0.1, -0.05) is 160 Å². The molecule has 1 heterocycles. The van der Waals surface area contributed by atoms with Gasteiger partial charge in [-0.3, -0.25) is 0 Å². The molecule has 1 saturated carbocycles. The average Bonchev–Trinajstić information content (AvgIpc) is 3.72. The van der Waals surface area contributed by atoms with E-state index < -0.39 is 0 Å². The first-order valence-corrected chi connectivity index (χ1v) is 16.8. The topological polar surface area (TPSA) is 3.24 Å². The van der Waals surface area contributed by atoms with Crippen LogP contribution in [-0.4, -0.2) is 7.05 Å². The van der Waals surface area contributed by atoms with E-state index in [0.717, 1.165) is 0 Å². The maximum Gasteiger partial charge on any atom is 0.0454 e. The molecule has 0 N–H and O–H groups in total. The van der Waals surface area contributed by atoms with Crippen LogP contribution in [0.4, 0.5) is 5.69 Å². The fourth-order valence-electron chi connectivity index (χ4n) is 6.86. The third-order valence-corrected chi connectivity index (χ3v) is 9.27. The van der Waals surface area contributed by atoms with Gasteiger partial charge in [-0.05, 0) is 75.1 Å². The van der Waals surface area contributed by atoms with Crippen LogP contribution < -0.4 is 4.90 Å². The van der Waals surface area contributed by atoms with Gasteiger partial charge >= 0.3 is 0 Å². The minimum absolute atomic E-state index is 0.0146. The molecule has 1 aliphatic heterocycles. The predicted molar refractivity (Wildman–Crippen MR) is 197 cm³/mol. The Morgan fingerprint density at radius 2 is 1.39 bits per heavy atom. The molecule has 2 aliphatic rings. The number of hydrogen-bond acceptors (Lipinski definition) is 1. The summed E-state index contributed by atoms with van der Waals surface area (Å²) >= 11 is 0. The molecule has 0 spiro atoms.